The molecule has 100 valence electrons. The van der Waals surface area contributed by atoms with Gasteiger partial charge in [-0.3, -0.25) is 4.18 Å². The molecule has 2 unspecified atom stereocenters. The van der Waals surface area contributed by atoms with Gasteiger partial charge in [0.25, 0.3) is 0 Å². The van der Waals surface area contributed by atoms with E-state index in [2.05, 4.69) is 17.6 Å². The zero-order valence-electron chi connectivity index (χ0n) is 9.61. The molecule has 8 nitrogen and oxygen atoms in total. The maximum Gasteiger partial charge on any atom is 0.554 e. The fourth-order valence-electron chi connectivity index (χ4n) is 0.720. The summed E-state index contributed by atoms with van der Waals surface area (Å²) in [5.41, 5.74) is 0. The molecule has 0 aromatic carbocycles. The van der Waals surface area contributed by atoms with Gasteiger partial charge in [0.1, 0.15) is 0 Å². The minimum atomic E-state index is -4.41. The SMILES string of the molecule is CCOC(=O)C(OS(=O)(=O)OC)[P+](=O)OCC. The van der Waals surface area contributed by atoms with Crippen LogP contribution in [-0.2, 0) is 37.4 Å². The van der Waals surface area contributed by atoms with Gasteiger partial charge in [-0.1, -0.05) is 0 Å². The summed E-state index contributed by atoms with van der Waals surface area (Å²) in [4.78, 5) is 11.3. The summed E-state index contributed by atoms with van der Waals surface area (Å²) in [6, 6.07) is 0. The van der Waals surface area contributed by atoms with Crippen molar-refractivity contribution in [1.29, 1.82) is 0 Å². The molecule has 0 amide bonds. The van der Waals surface area contributed by atoms with Crippen molar-refractivity contribution in [3.63, 3.8) is 0 Å². The zero-order chi connectivity index (χ0) is 13.5. The fraction of sp³-hybridized carbons (Fsp3) is 0.857. The van der Waals surface area contributed by atoms with Crippen LogP contribution in [0.5, 0.6) is 0 Å². The van der Waals surface area contributed by atoms with Gasteiger partial charge in [-0.05, 0) is 18.4 Å². The van der Waals surface area contributed by atoms with Crippen LogP contribution in [0.25, 0.3) is 0 Å². The first-order valence-electron chi connectivity index (χ1n) is 4.62. The number of carbonyl (C=O) groups excluding carboxylic acids is 1. The topological polar surface area (TPSA) is 105 Å². The second-order valence-electron chi connectivity index (χ2n) is 2.48. The van der Waals surface area contributed by atoms with Crippen molar-refractivity contribution in [3.8, 4) is 0 Å². The van der Waals surface area contributed by atoms with Crippen molar-refractivity contribution in [2.24, 2.45) is 0 Å². The lowest BCUT2D eigenvalue weighted by Gasteiger charge is -2.06. The maximum absolute atomic E-state index is 11.4. The van der Waals surface area contributed by atoms with E-state index in [-0.39, 0.29) is 13.2 Å². The lowest BCUT2D eigenvalue weighted by Crippen LogP contribution is -2.27. The molecule has 0 heterocycles. The van der Waals surface area contributed by atoms with Crippen LogP contribution >= 0.6 is 8.03 Å². The molecular weight excluding hydrogens is 275 g/mol. The highest BCUT2D eigenvalue weighted by molar-refractivity contribution is 7.82. The fourth-order valence-corrected chi connectivity index (χ4v) is 2.33. The van der Waals surface area contributed by atoms with Gasteiger partial charge in [0.15, 0.2) is 0 Å². The molecule has 0 fully saturated rings. The van der Waals surface area contributed by atoms with E-state index < -0.39 is 30.2 Å². The standard InChI is InChI=1S/C7H14O8PS/c1-4-13-6(8)7(16(9)14-5-2)15-17(10,11)12-3/h7H,4-5H2,1-3H3/q+1. The van der Waals surface area contributed by atoms with Gasteiger partial charge in [-0.15, -0.1) is 4.52 Å². The molecule has 0 bridgehead atoms. The van der Waals surface area contributed by atoms with Crippen LogP contribution in [0.15, 0.2) is 0 Å². The van der Waals surface area contributed by atoms with Gasteiger partial charge in [0.05, 0.1) is 20.3 Å². The van der Waals surface area contributed by atoms with Crippen LogP contribution in [0.2, 0.25) is 0 Å². The molecule has 17 heavy (non-hydrogen) atoms. The molecule has 0 aromatic heterocycles. The third-order valence-electron chi connectivity index (χ3n) is 1.35. The molecule has 0 aliphatic carbocycles. The van der Waals surface area contributed by atoms with Crippen LogP contribution in [0, 0.1) is 0 Å². The van der Waals surface area contributed by atoms with Crippen LogP contribution in [0.4, 0.5) is 0 Å². The van der Waals surface area contributed by atoms with Gasteiger partial charge in [-0.25, -0.2) is 4.79 Å². The number of hydrogen-bond acceptors (Lipinski definition) is 8. The first-order chi connectivity index (χ1) is 7.87. The largest absolute Gasteiger partial charge is 0.554 e. The van der Waals surface area contributed by atoms with E-state index in [1.165, 1.54) is 13.8 Å². The van der Waals surface area contributed by atoms with E-state index >= 15 is 0 Å². The molecule has 0 aliphatic rings. The Labute approximate surface area is 100 Å². The lowest BCUT2D eigenvalue weighted by atomic mass is 10.7. The Hall–Kier alpha value is -0.600. The van der Waals surface area contributed by atoms with Gasteiger partial charge >= 0.3 is 30.2 Å². The van der Waals surface area contributed by atoms with Crippen molar-refractivity contribution in [2.45, 2.75) is 19.7 Å². The van der Waals surface area contributed by atoms with E-state index in [0.29, 0.717) is 0 Å². The molecule has 0 rings (SSSR count). The Morgan fingerprint density at radius 1 is 1.29 bits per heavy atom. The van der Waals surface area contributed by atoms with E-state index in [4.69, 9.17) is 0 Å². The monoisotopic (exact) mass is 289 g/mol. The predicted molar refractivity (Wildman–Crippen MR) is 56.7 cm³/mol. The minimum absolute atomic E-state index is 0.0129. The molecule has 10 heteroatoms. The summed E-state index contributed by atoms with van der Waals surface area (Å²) in [7, 11) is -6.24. The molecular formula is C7H14O8PS+. The third kappa shape index (κ3) is 6.04. The first kappa shape index (κ1) is 16.4. The third-order valence-corrected chi connectivity index (χ3v) is 3.54. The summed E-state index contributed by atoms with van der Waals surface area (Å²) in [6.07, 6.45) is 0. The molecule has 0 N–H and O–H groups in total. The molecule has 0 saturated heterocycles. The Bertz CT molecular complexity index is 346. The van der Waals surface area contributed by atoms with Gasteiger partial charge in [0.2, 0.25) is 0 Å². The Balaban J connectivity index is 4.86. The van der Waals surface area contributed by atoms with E-state index in [1.807, 2.05) is 0 Å². The molecule has 0 spiro atoms. The molecule has 0 aromatic rings. The molecule has 2 atom stereocenters. The predicted octanol–water partition coefficient (Wildman–Crippen LogP) is 0.562. The van der Waals surface area contributed by atoms with Crippen LogP contribution in [0.3, 0.4) is 0 Å². The summed E-state index contributed by atoms with van der Waals surface area (Å²) >= 11 is 0. The normalized spacial score (nSPS) is 14.2. The van der Waals surface area contributed by atoms with E-state index in [0.717, 1.165) is 7.11 Å². The highest BCUT2D eigenvalue weighted by atomic mass is 32.3. The summed E-state index contributed by atoms with van der Waals surface area (Å²) in [5, 5.41) is 0. The Kier molecular flexibility index (Phi) is 7.40. The second-order valence-corrected chi connectivity index (χ2v) is 5.12. The van der Waals surface area contributed by atoms with Crippen molar-refractivity contribution in [2.75, 3.05) is 20.3 Å². The Morgan fingerprint density at radius 3 is 2.29 bits per heavy atom. The van der Waals surface area contributed by atoms with Gasteiger partial charge in [0, 0.05) is 0 Å². The average Bonchev–Trinajstić information content (AvgIpc) is 2.26. The number of hydrogen-bond donors (Lipinski definition) is 0. The molecule has 0 saturated carbocycles. The van der Waals surface area contributed by atoms with Crippen molar-refractivity contribution < 1.29 is 35.4 Å². The number of rotatable bonds is 8. The van der Waals surface area contributed by atoms with E-state index in [1.54, 1.807) is 0 Å². The maximum atomic E-state index is 11.4. The molecule has 0 radical (unpaired) electrons. The average molecular weight is 289 g/mol. The van der Waals surface area contributed by atoms with Gasteiger partial charge in [-0.2, -0.15) is 12.6 Å². The highest BCUT2D eigenvalue weighted by Crippen LogP contribution is 2.32. The number of esters is 1. The van der Waals surface area contributed by atoms with Crippen molar-refractivity contribution in [3.05, 3.63) is 0 Å². The Morgan fingerprint density at radius 2 is 1.88 bits per heavy atom. The van der Waals surface area contributed by atoms with Crippen LogP contribution < -0.4 is 0 Å². The first-order valence-corrected chi connectivity index (χ1v) is 7.20. The zero-order valence-corrected chi connectivity index (χ0v) is 11.3. The van der Waals surface area contributed by atoms with E-state index in [9.17, 15) is 17.8 Å². The number of ether oxygens (including phenoxy) is 1. The number of carbonyl (C=O) groups is 1. The van der Waals surface area contributed by atoms with Crippen LogP contribution in [-0.4, -0.2) is 40.6 Å². The van der Waals surface area contributed by atoms with Crippen LogP contribution in [0.1, 0.15) is 13.8 Å². The smallest absolute Gasteiger partial charge is 0.461 e. The minimum Gasteiger partial charge on any atom is -0.461 e. The molecule has 0 aliphatic heterocycles. The second kappa shape index (κ2) is 7.67. The summed E-state index contributed by atoms with van der Waals surface area (Å²) in [6.45, 7) is 3.05. The summed E-state index contributed by atoms with van der Waals surface area (Å²) in [5.74, 6) is -2.96. The highest BCUT2D eigenvalue weighted by Gasteiger charge is 2.46. The quantitative estimate of drug-likeness (QED) is 0.471. The van der Waals surface area contributed by atoms with Crippen molar-refractivity contribution >= 4 is 24.4 Å². The van der Waals surface area contributed by atoms with Gasteiger partial charge < -0.3 is 4.74 Å². The van der Waals surface area contributed by atoms with Crippen molar-refractivity contribution in [1.82, 2.24) is 0 Å². The lowest BCUT2D eigenvalue weighted by molar-refractivity contribution is -0.147. The summed E-state index contributed by atoms with van der Waals surface area (Å²) < 4.78 is 50.8.